The maximum absolute atomic E-state index is 0. The molecule has 0 atom stereocenters. The van der Waals surface area contributed by atoms with Crippen LogP contribution in [-0.4, -0.2) is 0 Å². The summed E-state index contributed by atoms with van der Waals surface area (Å²) < 4.78 is 0. The van der Waals surface area contributed by atoms with Gasteiger partial charge in [-0.1, -0.05) is 0 Å². The van der Waals surface area contributed by atoms with Gasteiger partial charge in [0.2, 0.25) is 0 Å². The second kappa shape index (κ2) is 16.6. The molecule has 0 aromatic heterocycles. The monoisotopic (exact) mass is 564 g/mol. The van der Waals surface area contributed by atoms with Crippen LogP contribution in [0.5, 0.6) is 0 Å². The van der Waals surface area contributed by atoms with Crippen molar-refractivity contribution in [2.75, 3.05) is 0 Å². The number of rotatable bonds is 0. The topological polar surface area (TPSA) is 0 Å². The summed E-state index contributed by atoms with van der Waals surface area (Å²) in [6.45, 7) is 0. The molecule has 0 aliphatic heterocycles. The Hall–Kier alpha value is 3.06. The van der Waals surface area contributed by atoms with Crippen LogP contribution in [0, 0.1) is 0 Å². The summed E-state index contributed by atoms with van der Waals surface area (Å²) in [5, 5.41) is 0. The first-order valence-electron chi connectivity index (χ1n) is 0. The van der Waals surface area contributed by atoms with Gasteiger partial charge < -0.3 is 0 Å². The van der Waals surface area contributed by atoms with E-state index in [4.69, 9.17) is 0 Å². The van der Waals surface area contributed by atoms with E-state index in [0.29, 0.717) is 0 Å². The second-order valence-electron chi connectivity index (χ2n) is 0. The molecular formula is H3HfI3. The molecule has 0 bridgehead atoms. The number of halogens is 3. The maximum atomic E-state index is 0. The first kappa shape index (κ1) is 27.7. The Morgan fingerprint density at radius 1 is 0.500 bits per heavy atom. The molecular weight excluding hydrogens is 559 g/mol. The van der Waals surface area contributed by atoms with Crippen molar-refractivity contribution in [2.45, 2.75) is 0 Å². The Bertz CT molecular complexity index is 3.25. The number of hydrogen-bond donors (Lipinski definition) is 0. The average Bonchev–Trinajstić information content (AvgIpc) is 0. The predicted octanol–water partition coefficient (Wildman–Crippen LogP) is 1.85. The molecule has 0 radical (unpaired) electrons. The quantitative estimate of drug-likeness (QED) is 0.313. The van der Waals surface area contributed by atoms with E-state index >= 15 is 0 Å². The zero-order valence-electron chi connectivity index (χ0n) is 1.72. The van der Waals surface area contributed by atoms with Crippen molar-refractivity contribution in [3.63, 3.8) is 0 Å². The van der Waals surface area contributed by atoms with Crippen molar-refractivity contribution in [3.8, 4) is 0 Å². The molecule has 0 nitrogen and oxygen atoms in total. The van der Waals surface area contributed by atoms with Gasteiger partial charge in [0.15, 0.2) is 0 Å². The molecule has 0 aliphatic rings. The standard InChI is InChI=1S/Hf.3HI/h;3*1H. The molecule has 4 heteroatoms. The van der Waals surface area contributed by atoms with Gasteiger partial charge in [-0.05, 0) is 0 Å². The predicted molar refractivity (Wildman–Crippen MR) is 46.2 cm³/mol. The molecule has 28 valence electrons. The van der Waals surface area contributed by atoms with E-state index in [9.17, 15) is 0 Å². The zero-order valence-corrected chi connectivity index (χ0v) is 12.3. The first-order chi connectivity index (χ1) is 0. The fourth-order valence-electron chi connectivity index (χ4n) is 0. The fourth-order valence-corrected chi connectivity index (χ4v) is 0. The molecule has 0 aromatic rings. The van der Waals surface area contributed by atoms with Gasteiger partial charge in [0.05, 0.1) is 0 Å². The van der Waals surface area contributed by atoms with Crippen molar-refractivity contribution in [1.82, 2.24) is 0 Å². The van der Waals surface area contributed by atoms with E-state index in [2.05, 4.69) is 0 Å². The maximum Gasteiger partial charge on any atom is 0 e. The largest absolute Gasteiger partial charge is 0.107 e. The van der Waals surface area contributed by atoms with Gasteiger partial charge in [-0.3, -0.25) is 0 Å². The molecule has 0 saturated carbocycles. The molecule has 0 saturated heterocycles. The van der Waals surface area contributed by atoms with Crippen molar-refractivity contribution >= 4 is 71.9 Å². The summed E-state index contributed by atoms with van der Waals surface area (Å²) in [5.74, 6) is 0. The summed E-state index contributed by atoms with van der Waals surface area (Å²) >= 11 is 0. The normalized spacial score (nSPS) is 0. The summed E-state index contributed by atoms with van der Waals surface area (Å²) in [4.78, 5) is 0. The molecule has 4 heavy (non-hydrogen) atoms. The van der Waals surface area contributed by atoms with Crippen LogP contribution >= 0.6 is 71.9 Å². The molecule has 0 fully saturated rings. The van der Waals surface area contributed by atoms with Crippen LogP contribution in [0.25, 0.3) is 0 Å². The molecule has 0 amide bonds. The second-order valence-corrected chi connectivity index (χ2v) is 0. The van der Waals surface area contributed by atoms with Crippen molar-refractivity contribution in [3.05, 3.63) is 0 Å². The van der Waals surface area contributed by atoms with E-state index in [1.54, 1.807) is 0 Å². The first-order valence-corrected chi connectivity index (χ1v) is 0. The van der Waals surface area contributed by atoms with Crippen LogP contribution in [0.1, 0.15) is 0 Å². The van der Waals surface area contributed by atoms with Crippen LogP contribution in [0.15, 0.2) is 0 Å². The minimum absolute atomic E-state index is 0. The van der Waals surface area contributed by atoms with E-state index in [-0.39, 0.29) is 97.8 Å². The third-order valence-electron chi connectivity index (χ3n) is 0. The van der Waals surface area contributed by atoms with Crippen molar-refractivity contribution < 1.29 is 25.8 Å². The molecule has 0 N–H and O–H groups in total. The van der Waals surface area contributed by atoms with Crippen LogP contribution in [0.2, 0.25) is 0 Å². The van der Waals surface area contributed by atoms with Crippen LogP contribution in [0.4, 0.5) is 0 Å². The van der Waals surface area contributed by atoms with E-state index in [1.807, 2.05) is 0 Å². The van der Waals surface area contributed by atoms with Gasteiger partial charge in [0.25, 0.3) is 0 Å². The molecule has 0 heterocycles. The number of hydrogen-bond acceptors (Lipinski definition) is 0. The van der Waals surface area contributed by atoms with Gasteiger partial charge in [-0.15, -0.1) is 71.9 Å². The summed E-state index contributed by atoms with van der Waals surface area (Å²) in [5.41, 5.74) is 0. The molecule has 0 unspecified atom stereocenters. The Labute approximate surface area is 95.7 Å². The van der Waals surface area contributed by atoms with Crippen molar-refractivity contribution in [2.24, 2.45) is 0 Å². The summed E-state index contributed by atoms with van der Waals surface area (Å²) in [6, 6.07) is 0. The van der Waals surface area contributed by atoms with Crippen molar-refractivity contribution in [1.29, 1.82) is 0 Å². The third-order valence-corrected chi connectivity index (χ3v) is 0. The summed E-state index contributed by atoms with van der Waals surface area (Å²) in [6.07, 6.45) is 0. The minimum atomic E-state index is 0. The molecule has 0 spiro atoms. The van der Waals surface area contributed by atoms with E-state index in [0.717, 1.165) is 0 Å². The van der Waals surface area contributed by atoms with Gasteiger partial charge in [0, 0.05) is 25.8 Å². The smallest absolute Gasteiger partial charge is 0 e. The Morgan fingerprint density at radius 2 is 0.500 bits per heavy atom. The average molecular weight is 562 g/mol. The Kier molecular flexibility index (Phi) is 115. The molecule has 0 rings (SSSR count). The minimum Gasteiger partial charge on any atom is -0.107 e. The van der Waals surface area contributed by atoms with E-state index in [1.165, 1.54) is 0 Å². The third kappa shape index (κ3) is 8.91. The van der Waals surface area contributed by atoms with Crippen LogP contribution in [-0.2, 0) is 25.8 Å². The summed E-state index contributed by atoms with van der Waals surface area (Å²) in [7, 11) is 0. The zero-order chi connectivity index (χ0) is 0. The van der Waals surface area contributed by atoms with Gasteiger partial charge in [0.1, 0.15) is 0 Å². The Balaban J connectivity index is 0. The van der Waals surface area contributed by atoms with Gasteiger partial charge >= 0.3 is 0 Å². The fraction of sp³-hybridized carbons (Fsp3) is 0. The van der Waals surface area contributed by atoms with Gasteiger partial charge in [-0.2, -0.15) is 0 Å². The van der Waals surface area contributed by atoms with Crippen LogP contribution < -0.4 is 0 Å². The molecule has 0 aromatic carbocycles. The SMILES string of the molecule is I.I.I.[Hf]. The van der Waals surface area contributed by atoms with Crippen LogP contribution in [0.3, 0.4) is 0 Å². The van der Waals surface area contributed by atoms with E-state index < -0.39 is 0 Å². The Morgan fingerprint density at radius 3 is 0.500 bits per heavy atom. The molecule has 0 aliphatic carbocycles. The van der Waals surface area contributed by atoms with Gasteiger partial charge in [-0.25, -0.2) is 0 Å².